The predicted octanol–water partition coefficient (Wildman–Crippen LogP) is 3.94. The normalized spacial score (nSPS) is 18.0. The second-order valence-electron chi connectivity index (χ2n) is 7.82. The van der Waals surface area contributed by atoms with Gasteiger partial charge in [0.05, 0.1) is 5.69 Å². The van der Waals surface area contributed by atoms with Crippen LogP contribution in [0.2, 0.25) is 0 Å². The molecule has 2 aromatic heterocycles. The number of rotatable bonds is 4. The number of fused-ring (bicyclic) bond motifs is 1. The van der Waals surface area contributed by atoms with Crippen molar-refractivity contribution in [3.8, 4) is 6.07 Å². The van der Waals surface area contributed by atoms with Gasteiger partial charge in [-0.2, -0.15) is 5.26 Å². The molecule has 0 bridgehead atoms. The maximum absolute atomic E-state index is 9.82. The van der Waals surface area contributed by atoms with E-state index in [0.717, 1.165) is 49.8 Å². The van der Waals surface area contributed by atoms with Crippen LogP contribution in [0.25, 0.3) is 5.65 Å². The lowest BCUT2D eigenvalue weighted by Gasteiger charge is -2.34. The third kappa shape index (κ3) is 3.06. The van der Waals surface area contributed by atoms with Gasteiger partial charge in [0.15, 0.2) is 5.65 Å². The van der Waals surface area contributed by atoms with E-state index in [0.29, 0.717) is 17.1 Å². The SMILES string of the molecule is N#Cc1c(N2CCC(c3ccccc3)CC2)ccn2c(CC3CC3)nnc12. The van der Waals surface area contributed by atoms with Crippen molar-refractivity contribution < 1.29 is 0 Å². The van der Waals surface area contributed by atoms with Crippen molar-refractivity contribution in [3.05, 3.63) is 59.5 Å². The molecule has 5 heteroatoms. The fourth-order valence-electron chi connectivity index (χ4n) is 4.26. The van der Waals surface area contributed by atoms with Crippen molar-refractivity contribution in [1.29, 1.82) is 5.26 Å². The Balaban J connectivity index is 1.39. The van der Waals surface area contributed by atoms with E-state index in [1.165, 1.54) is 18.4 Å². The first kappa shape index (κ1) is 16.3. The van der Waals surface area contributed by atoms with E-state index in [2.05, 4.69) is 57.6 Å². The smallest absolute Gasteiger partial charge is 0.180 e. The number of hydrogen-bond donors (Lipinski definition) is 0. The van der Waals surface area contributed by atoms with E-state index in [-0.39, 0.29) is 0 Å². The lowest BCUT2D eigenvalue weighted by molar-refractivity contribution is 0.505. The van der Waals surface area contributed by atoms with Crippen LogP contribution >= 0.6 is 0 Å². The number of pyridine rings is 1. The van der Waals surface area contributed by atoms with Gasteiger partial charge in [0.2, 0.25) is 0 Å². The first-order valence-corrected chi connectivity index (χ1v) is 9.90. The van der Waals surface area contributed by atoms with Crippen LogP contribution in [0.5, 0.6) is 0 Å². The number of benzene rings is 1. The van der Waals surface area contributed by atoms with Crippen LogP contribution < -0.4 is 4.90 Å². The van der Waals surface area contributed by atoms with Crippen molar-refractivity contribution in [2.45, 2.75) is 38.0 Å². The maximum atomic E-state index is 9.82. The summed E-state index contributed by atoms with van der Waals surface area (Å²) in [7, 11) is 0. The quantitative estimate of drug-likeness (QED) is 0.710. The summed E-state index contributed by atoms with van der Waals surface area (Å²) < 4.78 is 2.01. The second-order valence-corrected chi connectivity index (χ2v) is 7.82. The van der Waals surface area contributed by atoms with E-state index in [1.54, 1.807) is 0 Å². The number of piperidine rings is 1. The first-order valence-electron chi connectivity index (χ1n) is 9.90. The zero-order valence-electron chi connectivity index (χ0n) is 15.4. The molecule has 0 amide bonds. The molecule has 5 nitrogen and oxygen atoms in total. The minimum atomic E-state index is 0.606. The van der Waals surface area contributed by atoms with Gasteiger partial charge in [-0.25, -0.2) is 0 Å². The maximum Gasteiger partial charge on any atom is 0.180 e. The van der Waals surface area contributed by atoms with Gasteiger partial charge in [0.25, 0.3) is 0 Å². The highest BCUT2D eigenvalue weighted by Gasteiger charge is 2.26. The van der Waals surface area contributed by atoms with Gasteiger partial charge < -0.3 is 4.90 Å². The molecular weight excluding hydrogens is 334 g/mol. The molecule has 1 aliphatic heterocycles. The van der Waals surface area contributed by atoms with Crippen LogP contribution in [0.3, 0.4) is 0 Å². The van der Waals surface area contributed by atoms with Crippen LogP contribution in [-0.2, 0) is 6.42 Å². The number of aromatic nitrogens is 3. The Hall–Kier alpha value is -2.87. The van der Waals surface area contributed by atoms with E-state index >= 15 is 0 Å². The van der Waals surface area contributed by atoms with Gasteiger partial charge in [0, 0.05) is 25.7 Å². The van der Waals surface area contributed by atoms with Gasteiger partial charge >= 0.3 is 0 Å². The molecule has 3 heterocycles. The second kappa shape index (κ2) is 6.70. The molecular formula is C22H23N5. The molecule has 3 aromatic rings. The van der Waals surface area contributed by atoms with Crippen LogP contribution in [0.1, 0.15) is 48.6 Å². The standard InChI is InChI=1S/C22H23N5/c23-15-19-20(10-13-27-21(14-16-6-7-16)24-25-22(19)27)26-11-8-18(9-12-26)17-4-2-1-3-5-17/h1-5,10,13,16,18H,6-9,11-12,14H2. The van der Waals surface area contributed by atoms with Crippen molar-refractivity contribution in [2.75, 3.05) is 18.0 Å². The lowest BCUT2D eigenvalue weighted by Crippen LogP contribution is -2.33. The summed E-state index contributed by atoms with van der Waals surface area (Å²) in [6, 6.07) is 15.2. The van der Waals surface area contributed by atoms with E-state index in [1.807, 2.05) is 10.6 Å². The average molecular weight is 357 g/mol. The summed E-state index contributed by atoms with van der Waals surface area (Å²) in [5.41, 5.74) is 3.79. The Morgan fingerprint density at radius 1 is 1.00 bits per heavy atom. The van der Waals surface area contributed by atoms with E-state index in [9.17, 15) is 5.26 Å². The highest BCUT2D eigenvalue weighted by molar-refractivity contribution is 5.71. The molecule has 1 aliphatic carbocycles. The largest absolute Gasteiger partial charge is 0.370 e. The molecule has 0 spiro atoms. The molecule has 0 unspecified atom stereocenters. The van der Waals surface area contributed by atoms with Crippen LogP contribution in [0.4, 0.5) is 5.69 Å². The molecule has 1 saturated carbocycles. The summed E-state index contributed by atoms with van der Waals surface area (Å²) in [6.07, 6.45) is 7.81. The number of hydrogen-bond acceptors (Lipinski definition) is 4. The fourth-order valence-corrected chi connectivity index (χ4v) is 4.26. The molecule has 0 N–H and O–H groups in total. The summed E-state index contributed by atoms with van der Waals surface area (Å²) >= 11 is 0. The Morgan fingerprint density at radius 3 is 2.48 bits per heavy atom. The zero-order valence-corrected chi connectivity index (χ0v) is 15.4. The highest BCUT2D eigenvalue weighted by atomic mass is 15.3. The minimum absolute atomic E-state index is 0.606. The van der Waals surface area contributed by atoms with Crippen LogP contribution in [0, 0.1) is 17.2 Å². The number of nitriles is 1. The van der Waals surface area contributed by atoms with E-state index < -0.39 is 0 Å². The lowest BCUT2D eigenvalue weighted by atomic mass is 9.89. The zero-order chi connectivity index (χ0) is 18.2. The molecule has 1 saturated heterocycles. The van der Waals surface area contributed by atoms with Gasteiger partial charge in [-0.3, -0.25) is 4.40 Å². The van der Waals surface area contributed by atoms with Crippen molar-refractivity contribution >= 4 is 11.3 Å². The monoisotopic (exact) mass is 357 g/mol. The third-order valence-electron chi connectivity index (χ3n) is 6.01. The minimum Gasteiger partial charge on any atom is -0.370 e. The van der Waals surface area contributed by atoms with E-state index in [4.69, 9.17) is 0 Å². The Kier molecular flexibility index (Phi) is 4.05. The summed E-state index contributed by atoms with van der Waals surface area (Å²) in [6.45, 7) is 1.93. The molecule has 2 fully saturated rings. The summed E-state index contributed by atoms with van der Waals surface area (Å²) in [5.74, 6) is 2.34. The Labute approximate surface area is 159 Å². The van der Waals surface area contributed by atoms with Gasteiger partial charge in [-0.1, -0.05) is 30.3 Å². The number of nitrogens with zero attached hydrogens (tertiary/aromatic N) is 5. The molecule has 136 valence electrons. The number of anilines is 1. The Bertz CT molecular complexity index is 989. The van der Waals surface area contributed by atoms with Crippen molar-refractivity contribution in [2.24, 2.45) is 5.92 Å². The molecule has 5 rings (SSSR count). The first-order chi connectivity index (χ1) is 13.3. The predicted molar refractivity (Wildman–Crippen MR) is 105 cm³/mol. The molecule has 0 radical (unpaired) electrons. The fraction of sp³-hybridized carbons (Fsp3) is 0.409. The van der Waals surface area contributed by atoms with Crippen molar-refractivity contribution in [1.82, 2.24) is 14.6 Å². The van der Waals surface area contributed by atoms with Gasteiger partial charge in [-0.15, -0.1) is 10.2 Å². The Morgan fingerprint density at radius 2 is 1.78 bits per heavy atom. The van der Waals surface area contributed by atoms with Gasteiger partial charge in [-0.05, 0) is 49.1 Å². The molecule has 1 aromatic carbocycles. The molecule has 27 heavy (non-hydrogen) atoms. The molecule has 0 atom stereocenters. The third-order valence-corrected chi connectivity index (χ3v) is 6.01. The van der Waals surface area contributed by atoms with Gasteiger partial charge in [0.1, 0.15) is 17.5 Å². The van der Waals surface area contributed by atoms with Crippen molar-refractivity contribution in [3.63, 3.8) is 0 Å². The van der Waals surface area contributed by atoms with Crippen LogP contribution in [0.15, 0.2) is 42.6 Å². The average Bonchev–Trinajstić information content (AvgIpc) is 3.46. The summed E-state index contributed by atoms with van der Waals surface area (Å²) in [4.78, 5) is 2.34. The highest BCUT2D eigenvalue weighted by Crippen LogP contribution is 2.34. The topological polar surface area (TPSA) is 57.2 Å². The molecule has 2 aliphatic rings. The summed E-state index contributed by atoms with van der Waals surface area (Å²) in [5, 5.41) is 18.5. The van der Waals surface area contributed by atoms with Crippen LogP contribution in [-0.4, -0.2) is 27.7 Å².